The molecule has 0 saturated carbocycles. The standard InChI is InChI=1S/C18H23N3O3S/c1-13(17-16(22)9-6-10-19-17)20-15-8-5-7-14(11-15)12-25(23,24)21-18(2,3)4/h5-11,20-22H,1,12H2,2-4H3. The second-order valence-corrected chi connectivity index (χ2v) is 8.51. The molecule has 0 fully saturated rings. The Kier molecular flexibility index (Phi) is 5.49. The Morgan fingerprint density at radius 3 is 2.60 bits per heavy atom. The Balaban J connectivity index is 2.14. The average molecular weight is 361 g/mol. The summed E-state index contributed by atoms with van der Waals surface area (Å²) in [4.78, 5) is 4.08. The molecule has 1 aromatic carbocycles. The van der Waals surface area contributed by atoms with Gasteiger partial charge < -0.3 is 10.4 Å². The summed E-state index contributed by atoms with van der Waals surface area (Å²) in [6.45, 7) is 9.26. The third-order valence-electron chi connectivity index (χ3n) is 3.11. The van der Waals surface area contributed by atoms with E-state index in [9.17, 15) is 13.5 Å². The number of rotatable bonds is 6. The van der Waals surface area contributed by atoms with Crippen LogP contribution in [0.2, 0.25) is 0 Å². The minimum Gasteiger partial charge on any atom is -0.506 e. The smallest absolute Gasteiger partial charge is 0.216 e. The third kappa shape index (κ3) is 5.88. The number of sulfonamides is 1. The van der Waals surface area contributed by atoms with Crippen LogP contribution in [-0.4, -0.2) is 24.0 Å². The summed E-state index contributed by atoms with van der Waals surface area (Å²) in [5.74, 6) is -0.103. The molecule has 1 aromatic heterocycles. The summed E-state index contributed by atoms with van der Waals surface area (Å²) in [6, 6.07) is 10.2. The van der Waals surface area contributed by atoms with Gasteiger partial charge in [-0.2, -0.15) is 0 Å². The highest BCUT2D eigenvalue weighted by Gasteiger charge is 2.20. The molecule has 2 rings (SSSR count). The van der Waals surface area contributed by atoms with Crippen molar-refractivity contribution in [3.8, 4) is 5.75 Å². The van der Waals surface area contributed by atoms with Gasteiger partial charge in [0.25, 0.3) is 0 Å². The van der Waals surface area contributed by atoms with Crippen LogP contribution in [0.4, 0.5) is 5.69 Å². The summed E-state index contributed by atoms with van der Waals surface area (Å²) >= 11 is 0. The number of aromatic hydroxyl groups is 1. The molecule has 0 unspecified atom stereocenters. The normalized spacial score (nSPS) is 12.0. The molecule has 1 heterocycles. The van der Waals surface area contributed by atoms with E-state index in [0.717, 1.165) is 0 Å². The highest BCUT2D eigenvalue weighted by atomic mass is 32.2. The topological polar surface area (TPSA) is 91.3 Å². The number of anilines is 1. The number of nitrogens with zero attached hydrogens (tertiary/aromatic N) is 1. The van der Waals surface area contributed by atoms with Gasteiger partial charge in [0.05, 0.1) is 11.4 Å². The molecular formula is C18H23N3O3S. The molecule has 134 valence electrons. The van der Waals surface area contributed by atoms with Gasteiger partial charge in [-0.05, 0) is 50.6 Å². The molecule has 0 bridgehead atoms. The number of aromatic nitrogens is 1. The molecule has 0 aliphatic carbocycles. The van der Waals surface area contributed by atoms with E-state index in [4.69, 9.17) is 0 Å². The summed E-state index contributed by atoms with van der Waals surface area (Å²) in [5.41, 5.74) is 1.54. The first-order valence-electron chi connectivity index (χ1n) is 7.77. The van der Waals surface area contributed by atoms with Crippen molar-refractivity contribution in [3.63, 3.8) is 0 Å². The Bertz CT molecular complexity index is 871. The van der Waals surface area contributed by atoms with E-state index in [2.05, 4.69) is 21.6 Å². The Labute approximate surface area is 148 Å². The van der Waals surface area contributed by atoms with E-state index in [1.807, 2.05) is 0 Å². The number of hydrogen-bond acceptors (Lipinski definition) is 5. The Morgan fingerprint density at radius 2 is 1.96 bits per heavy atom. The van der Waals surface area contributed by atoms with Crippen LogP contribution in [0.15, 0.2) is 49.2 Å². The number of hydrogen-bond donors (Lipinski definition) is 3. The predicted octanol–water partition coefficient (Wildman–Crippen LogP) is 3.09. The molecular weight excluding hydrogens is 338 g/mol. The maximum atomic E-state index is 12.2. The summed E-state index contributed by atoms with van der Waals surface area (Å²) in [5, 5.41) is 12.9. The molecule has 0 spiro atoms. The molecule has 25 heavy (non-hydrogen) atoms. The lowest BCUT2D eigenvalue weighted by atomic mass is 10.1. The fourth-order valence-corrected chi connectivity index (χ4v) is 3.95. The van der Waals surface area contributed by atoms with E-state index in [-0.39, 0.29) is 11.5 Å². The van der Waals surface area contributed by atoms with Crippen molar-refractivity contribution in [2.24, 2.45) is 0 Å². The van der Waals surface area contributed by atoms with Crippen LogP contribution in [0.25, 0.3) is 5.70 Å². The highest BCUT2D eigenvalue weighted by Crippen LogP contribution is 2.23. The fraction of sp³-hybridized carbons (Fsp3) is 0.278. The first-order chi connectivity index (χ1) is 11.6. The zero-order valence-corrected chi connectivity index (χ0v) is 15.4. The fourth-order valence-electron chi connectivity index (χ4n) is 2.32. The maximum absolute atomic E-state index is 12.2. The van der Waals surface area contributed by atoms with Gasteiger partial charge >= 0.3 is 0 Å². The quantitative estimate of drug-likeness (QED) is 0.735. The van der Waals surface area contributed by atoms with Crippen LogP contribution in [0.3, 0.4) is 0 Å². The van der Waals surface area contributed by atoms with Crippen molar-refractivity contribution in [1.29, 1.82) is 0 Å². The maximum Gasteiger partial charge on any atom is 0.216 e. The van der Waals surface area contributed by atoms with Gasteiger partial charge in [-0.3, -0.25) is 4.98 Å². The van der Waals surface area contributed by atoms with Crippen LogP contribution in [0.5, 0.6) is 5.75 Å². The number of nitrogens with one attached hydrogen (secondary N) is 2. The molecule has 3 N–H and O–H groups in total. The van der Waals surface area contributed by atoms with Crippen molar-refractivity contribution in [3.05, 3.63) is 60.4 Å². The first-order valence-corrected chi connectivity index (χ1v) is 9.42. The molecule has 0 amide bonds. The summed E-state index contributed by atoms with van der Waals surface area (Å²) in [6.07, 6.45) is 1.56. The van der Waals surface area contributed by atoms with E-state index < -0.39 is 15.6 Å². The van der Waals surface area contributed by atoms with Gasteiger partial charge in [0.1, 0.15) is 11.4 Å². The van der Waals surface area contributed by atoms with Crippen molar-refractivity contribution >= 4 is 21.4 Å². The zero-order chi connectivity index (χ0) is 18.7. The molecule has 2 aromatic rings. The lowest BCUT2D eigenvalue weighted by Crippen LogP contribution is -2.41. The average Bonchev–Trinajstić information content (AvgIpc) is 2.44. The molecule has 0 atom stereocenters. The van der Waals surface area contributed by atoms with Crippen LogP contribution in [0.1, 0.15) is 32.0 Å². The van der Waals surface area contributed by atoms with Gasteiger partial charge in [0.2, 0.25) is 10.0 Å². The predicted molar refractivity (Wildman–Crippen MR) is 101 cm³/mol. The van der Waals surface area contributed by atoms with E-state index >= 15 is 0 Å². The van der Waals surface area contributed by atoms with Crippen molar-refractivity contribution in [1.82, 2.24) is 9.71 Å². The molecule has 0 aliphatic heterocycles. The lowest BCUT2D eigenvalue weighted by Gasteiger charge is -2.20. The molecule has 6 nitrogen and oxygen atoms in total. The zero-order valence-electron chi connectivity index (χ0n) is 14.6. The largest absolute Gasteiger partial charge is 0.506 e. The van der Waals surface area contributed by atoms with Crippen molar-refractivity contribution < 1.29 is 13.5 Å². The van der Waals surface area contributed by atoms with E-state index in [0.29, 0.717) is 22.6 Å². The van der Waals surface area contributed by atoms with Crippen molar-refractivity contribution in [2.75, 3.05) is 5.32 Å². The minimum absolute atomic E-state index is 0.0214. The van der Waals surface area contributed by atoms with Gasteiger partial charge in [-0.1, -0.05) is 18.7 Å². The second-order valence-electron chi connectivity index (χ2n) is 6.79. The van der Waals surface area contributed by atoms with Crippen LogP contribution in [-0.2, 0) is 15.8 Å². The Morgan fingerprint density at radius 1 is 1.24 bits per heavy atom. The number of pyridine rings is 1. The van der Waals surface area contributed by atoms with Crippen LogP contribution >= 0.6 is 0 Å². The van der Waals surface area contributed by atoms with Crippen molar-refractivity contribution in [2.45, 2.75) is 32.1 Å². The van der Waals surface area contributed by atoms with Gasteiger partial charge in [-0.15, -0.1) is 0 Å². The summed E-state index contributed by atoms with van der Waals surface area (Å²) in [7, 11) is -3.45. The number of benzene rings is 1. The monoisotopic (exact) mass is 361 g/mol. The third-order valence-corrected chi connectivity index (χ3v) is 4.75. The first kappa shape index (κ1) is 19.0. The van der Waals surface area contributed by atoms with Gasteiger partial charge in [0.15, 0.2) is 0 Å². The molecule has 0 radical (unpaired) electrons. The van der Waals surface area contributed by atoms with E-state index in [1.165, 1.54) is 6.07 Å². The minimum atomic E-state index is -3.45. The second kappa shape index (κ2) is 7.25. The van der Waals surface area contributed by atoms with Crippen LogP contribution < -0.4 is 10.0 Å². The Hall–Kier alpha value is -2.38. The SMILES string of the molecule is C=C(Nc1cccc(CS(=O)(=O)NC(C)(C)C)c1)c1ncccc1O. The highest BCUT2D eigenvalue weighted by molar-refractivity contribution is 7.88. The van der Waals surface area contributed by atoms with Crippen LogP contribution in [0, 0.1) is 0 Å². The lowest BCUT2D eigenvalue weighted by molar-refractivity contribution is 0.470. The summed E-state index contributed by atoms with van der Waals surface area (Å²) < 4.78 is 27.1. The van der Waals surface area contributed by atoms with Gasteiger partial charge in [0, 0.05) is 17.4 Å². The van der Waals surface area contributed by atoms with Gasteiger partial charge in [-0.25, -0.2) is 13.1 Å². The molecule has 7 heteroatoms. The molecule has 0 aliphatic rings. The molecule has 0 saturated heterocycles. The van der Waals surface area contributed by atoms with E-state index in [1.54, 1.807) is 57.3 Å².